The highest BCUT2D eigenvalue weighted by Gasteiger charge is 2.21. The van der Waals surface area contributed by atoms with E-state index in [4.69, 9.17) is 4.74 Å². The second kappa shape index (κ2) is 12.3. The molecular weight excluding hydrogens is 523 g/mol. The zero-order valence-corrected chi connectivity index (χ0v) is 23.5. The van der Waals surface area contributed by atoms with Gasteiger partial charge in [-0.25, -0.2) is 23.8 Å². The monoisotopic (exact) mass is 558 g/mol. The van der Waals surface area contributed by atoms with E-state index in [1.807, 2.05) is 26.8 Å². The second-order valence-corrected chi connectivity index (χ2v) is 11.0. The summed E-state index contributed by atoms with van der Waals surface area (Å²) in [5, 5.41) is 13.7. The van der Waals surface area contributed by atoms with Crippen LogP contribution < -0.4 is 20.7 Å². The lowest BCUT2D eigenvalue weighted by molar-refractivity contribution is 0.262. The van der Waals surface area contributed by atoms with E-state index in [1.54, 1.807) is 47.1 Å². The molecule has 0 aliphatic carbocycles. The number of rotatable bonds is 9. The Bertz CT molecular complexity index is 1460. The average molecular weight is 559 g/mol. The molecule has 0 atom stereocenters. The number of amides is 2. The maximum absolute atomic E-state index is 13.5. The van der Waals surface area contributed by atoms with E-state index in [0.717, 1.165) is 31.9 Å². The molecule has 2 aromatic carbocycles. The molecule has 41 heavy (non-hydrogen) atoms. The van der Waals surface area contributed by atoms with Gasteiger partial charge in [0.1, 0.15) is 29.5 Å². The molecule has 0 bridgehead atoms. The number of aromatic nitrogens is 4. The van der Waals surface area contributed by atoms with Crippen LogP contribution >= 0.6 is 0 Å². The lowest BCUT2D eigenvalue weighted by Crippen LogP contribution is -2.26. The number of nitrogens with zero attached hydrogens (tertiary/aromatic N) is 5. The van der Waals surface area contributed by atoms with Crippen molar-refractivity contribution in [2.45, 2.75) is 39.0 Å². The van der Waals surface area contributed by atoms with Crippen molar-refractivity contribution in [1.82, 2.24) is 24.6 Å². The number of hydrogen-bond donors (Lipinski definition) is 3. The number of carbonyl (C=O) groups excluding carboxylic acids is 1. The summed E-state index contributed by atoms with van der Waals surface area (Å²) in [5.74, 6) is 1.82. The maximum atomic E-state index is 13.5. The van der Waals surface area contributed by atoms with Crippen LogP contribution in [-0.4, -0.2) is 56.9 Å². The molecule has 214 valence electrons. The SMILES string of the molecule is CC(C)(C)c1cc(NC(=O)Nc2ccc(Oc3cc(NCCN4CCCC4)ncn3)cc2)n(-c2ccc(F)cc2)n1. The van der Waals surface area contributed by atoms with Crippen molar-refractivity contribution in [2.24, 2.45) is 0 Å². The smallest absolute Gasteiger partial charge is 0.324 e. The molecule has 11 heteroatoms. The minimum absolute atomic E-state index is 0.248. The summed E-state index contributed by atoms with van der Waals surface area (Å²) >= 11 is 0. The fourth-order valence-electron chi connectivity index (χ4n) is 4.46. The summed E-state index contributed by atoms with van der Waals surface area (Å²) in [6.45, 7) is 10.2. The highest BCUT2D eigenvalue weighted by molar-refractivity contribution is 5.99. The maximum Gasteiger partial charge on any atom is 0.324 e. The topological polar surface area (TPSA) is 109 Å². The van der Waals surface area contributed by atoms with Crippen LogP contribution in [0, 0.1) is 5.82 Å². The number of carbonyl (C=O) groups is 1. The Morgan fingerprint density at radius 3 is 2.41 bits per heavy atom. The predicted molar refractivity (Wildman–Crippen MR) is 158 cm³/mol. The lowest BCUT2D eigenvalue weighted by Gasteiger charge is -2.15. The summed E-state index contributed by atoms with van der Waals surface area (Å²) in [6, 6.07) is 16.1. The molecule has 1 aliphatic heterocycles. The van der Waals surface area contributed by atoms with Crippen molar-refractivity contribution in [3.8, 4) is 17.3 Å². The minimum Gasteiger partial charge on any atom is -0.439 e. The van der Waals surface area contributed by atoms with Crippen molar-refractivity contribution >= 4 is 23.4 Å². The Morgan fingerprint density at radius 2 is 1.71 bits per heavy atom. The van der Waals surface area contributed by atoms with Gasteiger partial charge in [0.15, 0.2) is 0 Å². The lowest BCUT2D eigenvalue weighted by atomic mass is 9.92. The highest BCUT2D eigenvalue weighted by atomic mass is 19.1. The molecule has 0 saturated carbocycles. The Morgan fingerprint density at radius 1 is 0.976 bits per heavy atom. The Kier molecular flexibility index (Phi) is 8.44. The number of anilines is 3. The number of likely N-dealkylation sites (tertiary alicyclic amines) is 1. The first-order valence-electron chi connectivity index (χ1n) is 13.7. The molecular formula is C30H35FN8O2. The van der Waals surface area contributed by atoms with Crippen LogP contribution in [-0.2, 0) is 5.41 Å². The van der Waals surface area contributed by atoms with Crippen LogP contribution in [0.3, 0.4) is 0 Å². The van der Waals surface area contributed by atoms with E-state index >= 15 is 0 Å². The molecule has 1 fully saturated rings. The second-order valence-electron chi connectivity index (χ2n) is 11.0. The number of benzene rings is 2. The summed E-state index contributed by atoms with van der Waals surface area (Å²) < 4.78 is 21.0. The van der Waals surface area contributed by atoms with Crippen LogP contribution in [0.15, 0.2) is 67.0 Å². The van der Waals surface area contributed by atoms with Gasteiger partial charge in [0.05, 0.1) is 11.4 Å². The fourth-order valence-corrected chi connectivity index (χ4v) is 4.46. The van der Waals surface area contributed by atoms with Crippen molar-refractivity contribution < 1.29 is 13.9 Å². The van der Waals surface area contributed by atoms with Gasteiger partial charge in [-0.2, -0.15) is 5.10 Å². The van der Waals surface area contributed by atoms with Crippen LogP contribution in [0.5, 0.6) is 11.6 Å². The van der Waals surface area contributed by atoms with E-state index in [1.165, 1.54) is 31.3 Å². The van der Waals surface area contributed by atoms with Crippen molar-refractivity contribution in [3.63, 3.8) is 0 Å². The van der Waals surface area contributed by atoms with Crippen LogP contribution in [0.25, 0.3) is 5.69 Å². The van der Waals surface area contributed by atoms with Gasteiger partial charge in [-0.1, -0.05) is 20.8 Å². The molecule has 1 saturated heterocycles. The quantitative estimate of drug-likeness (QED) is 0.230. The number of urea groups is 1. The standard InChI is InChI=1S/C30H35FN8O2/c1-30(2,3)25-18-27(39(37-25)23-10-6-21(31)7-11-23)36-29(40)35-22-8-12-24(13-9-22)41-28-19-26(33-20-34-28)32-14-17-38-15-4-5-16-38/h6-13,18-20H,4-5,14-17H2,1-3H3,(H,32,33,34)(H2,35,36,40). The number of nitrogens with one attached hydrogen (secondary N) is 3. The third-order valence-electron chi connectivity index (χ3n) is 6.70. The minimum atomic E-state index is -0.442. The first-order chi connectivity index (χ1) is 19.7. The number of ether oxygens (including phenoxy) is 1. The molecule has 2 amide bonds. The normalized spacial score (nSPS) is 13.7. The van der Waals surface area contributed by atoms with Gasteiger partial charge in [-0.15, -0.1) is 0 Å². The molecule has 0 radical (unpaired) electrons. The Labute approximate surface area is 239 Å². The van der Waals surface area contributed by atoms with E-state index < -0.39 is 6.03 Å². The molecule has 0 spiro atoms. The first kappa shape index (κ1) is 28.0. The summed E-state index contributed by atoms with van der Waals surface area (Å²) in [6.07, 6.45) is 4.01. The average Bonchev–Trinajstić information content (AvgIpc) is 3.61. The molecule has 0 unspecified atom stereocenters. The Balaban J connectivity index is 1.19. The number of hydrogen-bond acceptors (Lipinski definition) is 7. The molecule has 4 aromatic rings. The van der Waals surface area contributed by atoms with Gasteiger partial charge in [0, 0.05) is 36.3 Å². The van der Waals surface area contributed by atoms with Gasteiger partial charge in [0.25, 0.3) is 0 Å². The zero-order chi connectivity index (χ0) is 28.8. The van der Waals surface area contributed by atoms with Gasteiger partial charge < -0.3 is 20.3 Å². The predicted octanol–water partition coefficient (Wildman–Crippen LogP) is 6.04. The van der Waals surface area contributed by atoms with Gasteiger partial charge >= 0.3 is 6.03 Å². The van der Waals surface area contributed by atoms with Crippen LogP contribution in [0.2, 0.25) is 0 Å². The van der Waals surface area contributed by atoms with Crippen LogP contribution in [0.1, 0.15) is 39.3 Å². The molecule has 3 N–H and O–H groups in total. The zero-order valence-electron chi connectivity index (χ0n) is 23.5. The van der Waals surface area contributed by atoms with Crippen LogP contribution in [0.4, 0.5) is 26.5 Å². The van der Waals surface area contributed by atoms with Gasteiger partial charge in [0.2, 0.25) is 5.88 Å². The Hall–Kier alpha value is -4.51. The third-order valence-corrected chi connectivity index (χ3v) is 6.70. The largest absolute Gasteiger partial charge is 0.439 e. The molecule has 2 aromatic heterocycles. The molecule has 1 aliphatic rings. The van der Waals surface area contributed by atoms with E-state index in [9.17, 15) is 9.18 Å². The van der Waals surface area contributed by atoms with Crippen molar-refractivity contribution in [3.05, 3.63) is 78.5 Å². The van der Waals surface area contributed by atoms with E-state index in [-0.39, 0.29) is 11.2 Å². The van der Waals surface area contributed by atoms with E-state index in [0.29, 0.717) is 34.6 Å². The molecule has 10 nitrogen and oxygen atoms in total. The van der Waals surface area contributed by atoms with Crippen molar-refractivity contribution in [2.75, 3.05) is 42.1 Å². The van der Waals surface area contributed by atoms with Gasteiger partial charge in [-0.05, 0) is 74.5 Å². The van der Waals surface area contributed by atoms with E-state index in [2.05, 4.69) is 35.9 Å². The summed E-state index contributed by atoms with van der Waals surface area (Å²) in [5.41, 5.74) is 1.75. The summed E-state index contributed by atoms with van der Waals surface area (Å²) in [7, 11) is 0. The molecule has 5 rings (SSSR count). The first-order valence-corrected chi connectivity index (χ1v) is 13.7. The fraction of sp³-hybridized carbons (Fsp3) is 0.333. The molecule has 3 heterocycles. The number of halogens is 1. The third kappa shape index (κ3) is 7.57. The highest BCUT2D eigenvalue weighted by Crippen LogP contribution is 2.27. The van der Waals surface area contributed by atoms with Gasteiger partial charge in [-0.3, -0.25) is 5.32 Å². The van der Waals surface area contributed by atoms with Crippen molar-refractivity contribution in [1.29, 1.82) is 0 Å². The summed E-state index contributed by atoms with van der Waals surface area (Å²) in [4.78, 5) is 23.8.